The monoisotopic (exact) mass is 382 g/mol. The number of nitrogens with two attached hydrogens (primary N) is 1. The van der Waals surface area contributed by atoms with Crippen LogP contribution in [0.3, 0.4) is 0 Å². The Morgan fingerprint density at radius 1 is 1.15 bits per heavy atom. The number of amides is 1. The van der Waals surface area contributed by atoms with Gasteiger partial charge in [-0.05, 0) is 70.3 Å². The van der Waals surface area contributed by atoms with Gasteiger partial charge in [0.1, 0.15) is 0 Å². The minimum Gasteiger partial charge on any atom is -0.378 e. The molecule has 0 rings (SSSR count). The van der Waals surface area contributed by atoms with Gasteiger partial charge >= 0.3 is 0 Å². The van der Waals surface area contributed by atoms with E-state index < -0.39 is 0 Å². The molecule has 0 aromatic heterocycles. The molecule has 0 saturated carbocycles. The van der Waals surface area contributed by atoms with Crippen molar-refractivity contribution in [2.75, 3.05) is 13.2 Å². The van der Waals surface area contributed by atoms with Gasteiger partial charge in [0.15, 0.2) is 0 Å². The van der Waals surface area contributed by atoms with Crippen LogP contribution in [0.1, 0.15) is 93.9 Å². The lowest BCUT2D eigenvalue weighted by Gasteiger charge is -2.28. The van der Waals surface area contributed by atoms with Gasteiger partial charge in [-0.25, -0.2) is 0 Å². The highest BCUT2D eigenvalue weighted by Gasteiger charge is 2.23. The molecule has 0 aliphatic carbocycles. The van der Waals surface area contributed by atoms with Crippen LogP contribution in [0.4, 0.5) is 0 Å². The molecule has 1 atom stereocenters. The minimum atomic E-state index is -0.255. The highest BCUT2D eigenvalue weighted by Crippen LogP contribution is 2.29. The molecule has 0 bridgehead atoms. The predicted octanol–water partition coefficient (Wildman–Crippen LogP) is 5.21. The van der Waals surface area contributed by atoms with Crippen LogP contribution in [-0.4, -0.2) is 30.7 Å². The van der Waals surface area contributed by atoms with Crippen LogP contribution < -0.4 is 11.1 Å². The Morgan fingerprint density at radius 2 is 1.78 bits per heavy atom. The topological polar surface area (TPSA) is 64.3 Å². The van der Waals surface area contributed by atoms with Gasteiger partial charge in [0, 0.05) is 18.6 Å². The zero-order chi connectivity index (χ0) is 21.1. The molecule has 0 aliphatic heterocycles. The molecule has 0 fully saturated rings. The Hall–Kier alpha value is -0.870. The fourth-order valence-electron chi connectivity index (χ4n) is 2.70. The SMILES string of the molecule is CCC(C)(C)/C=C\CC(C)(C)CCC(=O)NC(C)(C)CCOC(C)CCN. The Kier molecular flexibility index (Phi) is 11.5. The van der Waals surface area contributed by atoms with Crippen molar-refractivity contribution in [1.82, 2.24) is 5.32 Å². The van der Waals surface area contributed by atoms with E-state index in [9.17, 15) is 4.79 Å². The maximum absolute atomic E-state index is 12.4. The molecule has 27 heavy (non-hydrogen) atoms. The second-order valence-corrected chi connectivity index (χ2v) is 10.1. The van der Waals surface area contributed by atoms with Gasteiger partial charge in [0.25, 0.3) is 0 Å². The summed E-state index contributed by atoms with van der Waals surface area (Å²) in [6.45, 7) is 18.6. The zero-order valence-corrected chi connectivity index (χ0v) is 19.3. The average Bonchev–Trinajstić information content (AvgIpc) is 2.52. The lowest BCUT2D eigenvalue weighted by atomic mass is 9.82. The van der Waals surface area contributed by atoms with Gasteiger partial charge in [-0.1, -0.05) is 46.8 Å². The van der Waals surface area contributed by atoms with Gasteiger partial charge in [0.05, 0.1) is 6.10 Å². The van der Waals surface area contributed by atoms with Crippen molar-refractivity contribution in [3.05, 3.63) is 12.2 Å². The van der Waals surface area contributed by atoms with Crippen LogP contribution in [0.15, 0.2) is 12.2 Å². The van der Waals surface area contributed by atoms with Gasteiger partial charge in [-0.15, -0.1) is 0 Å². The lowest BCUT2D eigenvalue weighted by molar-refractivity contribution is -0.123. The van der Waals surface area contributed by atoms with Crippen molar-refractivity contribution in [1.29, 1.82) is 0 Å². The fraction of sp³-hybridized carbons (Fsp3) is 0.870. The fourth-order valence-corrected chi connectivity index (χ4v) is 2.70. The van der Waals surface area contributed by atoms with Crippen molar-refractivity contribution < 1.29 is 9.53 Å². The van der Waals surface area contributed by atoms with E-state index in [2.05, 4.69) is 65.9 Å². The zero-order valence-electron chi connectivity index (χ0n) is 19.3. The number of carbonyl (C=O) groups is 1. The molecule has 1 unspecified atom stereocenters. The van der Waals surface area contributed by atoms with Crippen LogP contribution in [0, 0.1) is 10.8 Å². The first-order chi connectivity index (χ1) is 12.3. The largest absolute Gasteiger partial charge is 0.378 e. The Balaban J connectivity index is 4.28. The number of carbonyl (C=O) groups excluding carboxylic acids is 1. The van der Waals surface area contributed by atoms with E-state index in [-0.39, 0.29) is 28.4 Å². The van der Waals surface area contributed by atoms with Gasteiger partial charge in [-0.2, -0.15) is 0 Å². The molecule has 1 amide bonds. The highest BCUT2D eigenvalue weighted by atomic mass is 16.5. The van der Waals surface area contributed by atoms with E-state index in [1.807, 2.05) is 6.92 Å². The Labute approximate surface area is 168 Å². The molecule has 0 aromatic carbocycles. The van der Waals surface area contributed by atoms with Gasteiger partial charge < -0.3 is 15.8 Å². The van der Waals surface area contributed by atoms with E-state index in [4.69, 9.17) is 10.5 Å². The molecule has 0 heterocycles. The first-order valence-electron chi connectivity index (χ1n) is 10.6. The van der Waals surface area contributed by atoms with Crippen LogP contribution >= 0.6 is 0 Å². The quantitative estimate of drug-likeness (QED) is 0.405. The number of rotatable bonds is 14. The van der Waals surface area contributed by atoms with Gasteiger partial charge in [-0.3, -0.25) is 4.79 Å². The molecular formula is C23H46N2O2. The number of ether oxygens (including phenoxy) is 1. The molecule has 0 aliphatic rings. The van der Waals surface area contributed by atoms with Gasteiger partial charge in [0.2, 0.25) is 5.91 Å². The summed E-state index contributed by atoms with van der Waals surface area (Å²) in [6, 6.07) is 0. The third kappa shape index (κ3) is 13.9. The maximum atomic E-state index is 12.4. The van der Waals surface area contributed by atoms with E-state index in [1.54, 1.807) is 0 Å². The molecule has 3 N–H and O–H groups in total. The molecule has 0 saturated heterocycles. The molecule has 4 nitrogen and oxygen atoms in total. The van der Waals surface area contributed by atoms with E-state index >= 15 is 0 Å². The first-order valence-corrected chi connectivity index (χ1v) is 10.6. The van der Waals surface area contributed by atoms with Crippen molar-refractivity contribution in [2.24, 2.45) is 16.6 Å². The van der Waals surface area contributed by atoms with Crippen molar-refractivity contribution in [3.8, 4) is 0 Å². The smallest absolute Gasteiger partial charge is 0.220 e. The van der Waals surface area contributed by atoms with Crippen LogP contribution in [-0.2, 0) is 9.53 Å². The van der Waals surface area contributed by atoms with E-state index in [1.165, 1.54) is 0 Å². The summed E-state index contributed by atoms with van der Waals surface area (Å²) < 4.78 is 5.76. The summed E-state index contributed by atoms with van der Waals surface area (Å²) in [5.41, 5.74) is 5.66. The lowest BCUT2D eigenvalue weighted by Crippen LogP contribution is -2.44. The van der Waals surface area contributed by atoms with Crippen molar-refractivity contribution in [3.63, 3.8) is 0 Å². The summed E-state index contributed by atoms with van der Waals surface area (Å²) in [7, 11) is 0. The van der Waals surface area contributed by atoms with Crippen LogP contribution in [0.25, 0.3) is 0 Å². The maximum Gasteiger partial charge on any atom is 0.220 e. The molecular weight excluding hydrogens is 336 g/mol. The first kappa shape index (κ1) is 26.1. The molecule has 4 heteroatoms. The number of hydrogen-bond donors (Lipinski definition) is 2. The van der Waals surface area contributed by atoms with Crippen molar-refractivity contribution >= 4 is 5.91 Å². The standard InChI is InChI=1S/C23H46N2O2/c1-9-21(3,4)13-10-14-22(5,6)15-11-20(26)25-23(7,8)16-18-27-19(2)12-17-24/h10,13,19H,9,11-12,14-18,24H2,1-8H3,(H,25,26)/b13-10-. The number of hydrogen-bond acceptors (Lipinski definition) is 3. The molecule has 0 aromatic rings. The summed E-state index contributed by atoms with van der Waals surface area (Å²) in [6.07, 6.45) is 10.0. The van der Waals surface area contributed by atoms with Crippen LogP contribution in [0.2, 0.25) is 0 Å². The third-order valence-corrected chi connectivity index (χ3v) is 5.36. The summed E-state index contributed by atoms with van der Waals surface area (Å²) >= 11 is 0. The second kappa shape index (κ2) is 11.9. The Bertz CT molecular complexity index is 453. The third-order valence-electron chi connectivity index (χ3n) is 5.36. The molecule has 0 spiro atoms. The van der Waals surface area contributed by atoms with Crippen LogP contribution in [0.5, 0.6) is 0 Å². The predicted molar refractivity (Wildman–Crippen MR) is 117 cm³/mol. The molecule has 0 radical (unpaired) electrons. The highest BCUT2D eigenvalue weighted by molar-refractivity contribution is 5.76. The number of nitrogens with one attached hydrogen (secondary N) is 1. The minimum absolute atomic E-state index is 0.126. The van der Waals surface area contributed by atoms with E-state index in [0.717, 1.165) is 32.1 Å². The summed E-state index contributed by atoms with van der Waals surface area (Å²) in [4.78, 5) is 12.4. The van der Waals surface area contributed by atoms with Crippen molar-refractivity contribution in [2.45, 2.75) is 106 Å². The summed E-state index contributed by atoms with van der Waals surface area (Å²) in [5, 5.41) is 3.16. The number of allylic oxidation sites excluding steroid dienone is 2. The second-order valence-electron chi connectivity index (χ2n) is 10.1. The molecule has 160 valence electrons. The van der Waals surface area contributed by atoms with E-state index in [0.29, 0.717) is 19.6 Å². The average molecular weight is 383 g/mol. The Morgan fingerprint density at radius 3 is 2.33 bits per heavy atom. The summed E-state index contributed by atoms with van der Waals surface area (Å²) in [5.74, 6) is 0.126. The normalized spacial score (nSPS) is 14.6.